The lowest BCUT2D eigenvalue weighted by atomic mass is 10.0. The number of aliphatic carboxylic acids is 1. The highest BCUT2D eigenvalue weighted by Crippen LogP contribution is 2.31. The van der Waals surface area contributed by atoms with Crippen LogP contribution in [0.1, 0.15) is 34.7 Å². The largest absolute Gasteiger partial charge is 0.490 e. The summed E-state index contributed by atoms with van der Waals surface area (Å²) in [7, 11) is -7.80. The number of carboxylic acids is 1. The summed E-state index contributed by atoms with van der Waals surface area (Å²) in [6.07, 6.45) is -3.86. The number of rotatable bonds is 7. The number of para-hydroxylation sites is 2. The molecule has 1 aliphatic heterocycles. The van der Waals surface area contributed by atoms with Crippen molar-refractivity contribution in [3.8, 4) is 0 Å². The summed E-state index contributed by atoms with van der Waals surface area (Å²) in [6.45, 7) is 0. The number of H-pyrrole nitrogens is 1. The van der Waals surface area contributed by atoms with Crippen molar-refractivity contribution in [1.82, 2.24) is 24.4 Å². The summed E-state index contributed by atoms with van der Waals surface area (Å²) in [4.78, 5) is 32.1. The van der Waals surface area contributed by atoms with Crippen LogP contribution in [0.2, 0.25) is 5.15 Å². The molecule has 0 aliphatic carbocycles. The number of nitrogens with one attached hydrogen (secondary N) is 3. The summed E-state index contributed by atoms with van der Waals surface area (Å²) >= 11 is 9.12. The van der Waals surface area contributed by atoms with Gasteiger partial charge in [0.1, 0.15) is 21.1 Å². The van der Waals surface area contributed by atoms with Crippen LogP contribution < -0.4 is 9.44 Å². The van der Waals surface area contributed by atoms with Gasteiger partial charge in [-0.05, 0) is 51.7 Å². The van der Waals surface area contributed by atoms with Crippen LogP contribution >= 0.6 is 27.5 Å². The third kappa shape index (κ3) is 7.92. The molecule has 0 saturated carbocycles. The van der Waals surface area contributed by atoms with Crippen molar-refractivity contribution < 1.29 is 44.7 Å². The smallest absolute Gasteiger partial charge is 0.475 e. The van der Waals surface area contributed by atoms with Gasteiger partial charge in [-0.3, -0.25) is 9.52 Å². The third-order valence-corrected chi connectivity index (χ3v) is 10.4. The van der Waals surface area contributed by atoms with Crippen molar-refractivity contribution in [2.24, 2.45) is 0 Å². The average Bonchev–Trinajstić information content (AvgIpc) is 3.49. The van der Waals surface area contributed by atoms with E-state index < -0.39 is 49.4 Å². The number of alkyl halides is 3. The van der Waals surface area contributed by atoms with E-state index in [0.29, 0.717) is 21.4 Å². The van der Waals surface area contributed by atoms with Gasteiger partial charge in [0.25, 0.3) is 0 Å². The second kappa shape index (κ2) is 12.8. The highest BCUT2D eigenvalue weighted by Gasteiger charge is 2.39. The van der Waals surface area contributed by atoms with Gasteiger partial charge in [-0.15, -0.1) is 0 Å². The molecule has 1 saturated heterocycles. The maximum atomic E-state index is 13.3. The van der Waals surface area contributed by atoms with E-state index in [-0.39, 0.29) is 22.9 Å². The molecule has 1 amide bonds. The van der Waals surface area contributed by atoms with E-state index in [1.165, 1.54) is 6.07 Å². The highest BCUT2D eigenvalue weighted by molar-refractivity contribution is 9.10. The predicted octanol–water partition coefficient (Wildman–Crippen LogP) is 4.16. The summed E-state index contributed by atoms with van der Waals surface area (Å²) < 4.78 is 87.7. The first-order valence-corrected chi connectivity index (χ1v) is 16.4. The molecule has 3 heterocycles. The van der Waals surface area contributed by atoms with Crippen molar-refractivity contribution in [2.75, 3.05) is 0 Å². The third-order valence-electron chi connectivity index (χ3n) is 6.15. The molecule has 5 rings (SSSR count). The van der Waals surface area contributed by atoms with Crippen LogP contribution in [-0.4, -0.2) is 54.9 Å². The molecule has 0 radical (unpaired) electrons. The molecule has 12 nitrogen and oxygen atoms in total. The van der Waals surface area contributed by atoms with Crippen LogP contribution in [0.15, 0.2) is 70.2 Å². The van der Waals surface area contributed by atoms with Crippen LogP contribution in [0.5, 0.6) is 0 Å². The van der Waals surface area contributed by atoms with E-state index in [1.54, 1.807) is 24.3 Å². The number of carbonyl (C=O) groups excluding carboxylic acids is 1. The Hall–Kier alpha value is -3.58. The zero-order valence-corrected chi connectivity index (χ0v) is 25.8. The van der Waals surface area contributed by atoms with Gasteiger partial charge in [-0.2, -0.15) is 13.2 Å². The summed E-state index contributed by atoms with van der Waals surface area (Å²) in [6, 6.07) is 14.6. The number of sulfonamides is 2. The van der Waals surface area contributed by atoms with Gasteiger partial charge in [0.05, 0.1) is 28.0 Å². The Labute approximate surface area is 261 Å². The van der Waals surface area contributed by atoms with Gasteiger partial charge < -0.3 is 10.1 Å². The Balaban J connectivity index is 0.000000566. The number of benzene rings is 2. The van der Waals surface area contributed by atoms with Gasteiger partial charge in [0.2, 0.25) is 26.0 Å². The molecule has 2 aromatic carbocycles. The minimum Gasteiger partial charge on any atom is -0.475 e. The van der Waals surface area contributed by atoms with Crippen molar-refractivity contribution in [1.29, 1.82) is 0 Å². The van der Waals surface area contributed by atoms with Crippen LogP contribution in [-0.2, 0) is 36.1 Å². The quantitative estimate of drug-likeness (QED) is 0.202. The number of pyridine rings is 1. The maximum absolute atomic E-state index is 13.3. The van der Waals surface area contributed by atoms with E-state index in [9.17, 15) is 34.8 Å². The fraction of sp³-hybridized carbons (Fsp3) is 0.200. The summed E-state index contributed by atoms with van der Waals surface area (Å²) in [5.41, 5.74) is 2.62. The van der Waals surface area contributed by atoms with Crippen LogP contribution in [0.4, 0.5) is 13.2 Å². The van der Waals surface area contributed by atoms with E-state index >= 15 is 0 Å². The zero-order chi connectivity index (χ0) is 32.4. The monoisotopic (exact) mass is 737 g/mol. The number of hydrogen-bond donors (Lipinski definition) is 4. The lowest BCUT2D eigenvalue weighted by Gasteiger charge is -2.18. The average molecular weight is 739 g/mol. The zero-order valence-electron chi connectivity index (χ0n) is 21.8. The number of amides is 1. The molecular formula is C25H20BrClF3N5O7S2. The Kier molecular flexibility index (Phi) is 9.69. The lowest BCUT2D eigenvalue weighted by molar-refractivity contribution is -0.192. The number of hydrogen-bond acceptors (Lipinski definition) is 8. The van der Waals surface area contributed by atoms with Crippen molar-refractivity contribution in [3.63, 3.8) is 0 Å². The topological polar surface area (TPSA) is 188 Å². The maximum Gasteiger partial charge on any atom is 0.490 e. The fourth-order valence-electron chi connectivity index (χ4n) is 4.09. The Morgan fingerprint density at radius 1 is 1.18 bits per heavy atom. The molecule has 1 unspecified atom stereocenters. The highest BCUT2D eigenvalue weighted by atomic mass is 79.9. The summed E-state index contributed by atoms with van der Waals surface area (Å²) in [5.74, 6) is -2.90. The first-order valence-electron chi connectivity index (χ1n) is 12.2. The number of aromatic nitrogens is 3. The molecule has 1 aliphatic rings. The predicted molar refractivity (Wildman–Crippen MR) is 154 cm³/mol. The molecule has 44 heavy (non-hydrogen) atoms. The van der Waals surface area contributed by atoms with Crippen molar-refractivity contribution in [2.45, 2.75) is 35.2 Å². The number of carboxylic acid groups (broad SMARTS) is 1. The standard InChI is InChI=1S/C23H19BrClN5O5S2.C2HF3O2/c24-16-10-15(12-26-22(16)25)36(32,33)29-19(23-27-17-3-1-2-4-18(17)28-23)9-13-5-7-14(8-6-13)20-11-21(31)30-37(20,34)35;3-2(4,5)1(6)7/h1-8,10,12,19-20,29H,9,11H2,(H,27,28)(H,30,31);(H,6,7)/t19-,20?;/m0./s1. The lowest BCUT2D eigenvalue weighted by Crippen LogP contribution is -2.31. The number of fused-ring (bicyclic) bond motifs is 1. The van der Waals surface area contributed by atoms with E-state index in [1.807, 2.05) is 29.0 Å². The van der Waals surface area contributed by atoms with E-state index in [0.717, 1.165) is 17.3 Å². The molecule has 4 aromatic rings. The Bertz CT molecular complexity index is 1910. The minimum atomic E-state index is -5.08. The van der Waals surface area contributed by atoms with Crippen molar-refractivity contribution >= 4 is 70.5 Å². The van der Waals surface area contributed by atoms with Crippen LogP contribution in [0, 0.1) is 0 Å². The van der Waals surface area contributed by atoms with Gasteiger partial charge in [0, 0.05) is 6.20 Å². The molecular weight excluding hydrogens is 719 g/mol. The second-order valence-electron chi connectivity index (χ2n) is 9.27. The molecule has 234 valence electrons. The van der Waals surface area contributed by atoms with Gasteiger partial charge in [-0.25, -0.2) is 36.3 Å². The molecule has 1 fully saturated rings. The first kappa shape index (κ1) is 33.3. The van der Waals surface area contributed by atoms with Crippen molar-refractivity contribution in [3.05, 3.63) is 87.4 Å². The van der Waals surface area contributed by atoms with Gasteiger partial charge in [0.15, 0.2) is 0 Å². The summed E-state index contributed by atoms with van der Waals surface area (Å²) in [5, 5.41) is 6.30. The SMILES string of the molecule is O=C(O)C(F)(F)F.O=C1CC(c2ccc(C[C@H](NS(=O)(=O)c3cnc(Cl)c(Br)c3)c3nc4ccccc4[nH]3)cc2)S(=O)(=O)N1. The van der Waals surface area contributed by atoms with E-state index in [2.05, 4.69) is 35.6 Å². The molecule has 4 N–H and O–H groups in total. The Morgan fingerprint density at radius 2 is 1.82 bits per heavy atom. The number of imidazole rings is 1. The number of carbonyl (C=O) groups is 2. The Morgan fingerprint density at radius 3 is 2.36 bits per heavy atom. The molecule has 0 bridgehead atoms. The molecule has 2 atom stereocenters. The first-order chi connectivity index (χ1) is 20.5. The second-order valence-corrected chi connectivity index (χ2v) is 14.1. The molecule has 0 spiro atoms. The molecule has 2 aromatic heterocycles. The number of aromatic amines is 1. The molecule has 19 heteroatoms. The van der Waals surface area contributed by atoms with Crippen LogP contribution in [0.25, 0.3) is 11.0 Å². The normalized spacial score (nSPS) is 17.0. The van der Waals surface area contributed by atoms with Gasteiger partial charge in [-0.1, -0.05) is 48.0 Å². The number of halogens is 5. The van der Waals surface area contributed by atoms with Gasteiger partial charge >= 0.3 is 12.1 Å². The minimum absolute atomic E-state index is 0.0798. The van der Waals surface area contributed by atoms with E-state index in [4.69, 9.17) is 21.5 Å². The number of nitrogens with zero attached hydrogens (tertiary/aromatic N) is 2. The van der Waals surface area contributed by atoms with Crippen LogP contribution in [0.3, 0.4) is 0 Å². The fourth-order valence-corrected chi connectivity index (χ4v) is 7.29.